The van der Waals surface area contributed by atoms with Crippen molar-refractivity contribution in [3.05, 3.63) is 20.8 Å². The van der Waals surface area contributed by atoms with Gasteiger partial charge in [-0.2, -0.15) is 0 Å². The van der Waals surface area contributed by atoms with Crippen molar-refractivity contribution in [3.8, 4) is 0 Å². The van der Waals surface area contributed by atoms with Crippen LogP contribution in [0, 0.1) is 5.92 Å². The van der Waals surface area contributed by atoms with Gasteiger partial charge in [0, 0.05) is 19.1 Å². The second-order valence-corrected chi connectivity index (χ2v) is 6.52. The second-order valence-electron chi connectivity index (χ2n) is 6.52. The van der Waals surface area contributed by atoms with Gasteiger partial charge in [0.2, 0.25) is 0 Å². The zero-order chi connectivity index (χ0) is 15.8. The lowest BCUT2D eigenvalue weighted by molar-refractivity contribution is 0.269. The number of hydrogen-bond donors (Lipinski definition) is 2. The van der Waals surface area contributed by atoms with Crippen LogP contribution in [-0.2, 0) is 13.6 Å². The Morgan fingerprint density at radius 3 is 2.38 bits per heavy atom. The van der Waals surface area contributed by atoms with E-state index in [4.69, 9.17) is 5.73 Å². The lowest BCUT2D eigenvalue weighted by Crippen LogP contribution is -2.48. The summed E-state index contributed by atoms with van der Waals surface area (Å²) < 4.78 is 2.64. The molecule has 6 heteroatoms. The molecule has 0 amide bonds. The van der Waals surface area contributed by atoms with E-state index in [1.54, 1.807) is 0 Å². The first kappa shape index (κ1) is 15.7. The van der Waals surface area contributed by atoms with Crippen LogP contribution in [0.15, 0.2) is 9.59 Å². The van der Waals surface area contributed by atoms with Crippen molar-refractivity contribution in [1.29, 1.82) is 0 Å². The monoisotopic (exact) mass is 294 g/mol. The second kappa shape index (κ2) is 5.58. The van der Waals surface area contributed by atoms with Crippen molar-refractivity contribution in [1.82, 2.24) is 9.13 Å². The summed E-state index contributed by atoms with van der Waals surface area (Å²) in [4.78, 5) is 24.6. The molecule has 3 N–H and O–H groups in total. The van der Waals surface area contributed by atoms with E-state index in [2.05, 4.69) is 12.2 Å². The van der Waals surface area contributed by atoms with Crippen molar-refractivity contribution in [3.63, 3.8) is 0 Å². The maximum Gasteiger partial charge on any atom is 0.332 e. The van der Waals surface area contributed by atoms with Crippen molar-refractivity contribution in [2.24, 2.45) is 13.0 Å². The van der Waals surface area contributed by atoms with E-state index in [1.165, 1.54) is 11.6 Å². The smallest absolute Gasteiger partial charge is 0.332 e. The Bertz CT molecular complexity index is 633. The van der Waals surface area contributed by atoms with Crippen LogP contribution in [0.2, 0.25) is 0 Å². The largest absolute Gasteiger partial charge is 0.383 e. The van der Waals surface area contributed by atoms with Crippen LogP contribution in [0.3, 0.4) is 0 Å². The van der Waals surface area contributed by atoms with E-state index in [9.17, 15) is 9.59 Å². The number of nitrogens with two attached hydrogens (primary N) is 1. The summed E-state index contributed by atoms with van der Waals surface area (Å²) in [5.41, 5.74) is 5.78. The highest BCUT2D eigenvalue weighted by molar-refractivity contribution is 5.62. The quantitative estimate of drug-likeness (QED) is 0.863. The molecule has 0 unspecified atom stereocenters. The summed E-state index contributed by atoms with van der Waals surface area (Å²) in [5.74, 6) is 0.538. The van der Waals surface area contributed by atoms with Gasteiger partial charge in [0.05, 0.1) is 0 Å². The fourth-order valence-electron chi connectivity index (χ4n) is 2.88. The Kier molecular flexibility index (Phi) is 4.16. The molecule has 0 aliphatic heterocycles. The van der Waals surface area contributed by atoms with Crippen molar-refractivity contribution >= 4 is 11.5 Å². The van der Waals surface area contributed by atoms with Crippen molar-refractivity contribution in [2.45, 2.75) is 58.5 Å². The fraction of sp³-hybridized carbons (Fsp3) is 0.733. The SMILES string of the molecule is CCC1(Nc2c(N)n(CC(C)C)c(=O)n(C)c2=O)CCC1. The number of rotatable bonds is 5. The normalized spacial score (nSPS) is 16.8. The molecule has 0 spiro atoms. The minimum Gasteiger partial charge on any atom is -0.383 e. The van der Waals surface area contributed by atoms with Gasteiger partial charge >= 0.3 is 5.69 Å². The first-order valence-corrected chi connectivity index (χ1v) is 7.69. The molecule has 118 valence electrons. The molecule has 1 fully saturated rings. The number of nitrogen functional groups attached to an aromatic ring is 1. The molecule has 1 heterocycles. The molecule has 1 aliphatic carbocycles. The van der Waals surface area contributed by atoms with E-state index in [0.717, 1.165) is 30.3 Å². The molecule has 0 atom stereocenters. The van der Waals surface area contributed by atoms with Gasteiger partial charge in [0.25, 0.3) is 5.56 Å². The molecular weight excluding hydrogens is 268 g/mol. The molecule has 1 aromatic rings. The average molecular weight is 294 g/mol. The van der Waals surface area contributed by atoms with Crippen molar-refractivity contribution < 1.29 is 0 Å². The number of nitrogens with one attached hydrogen (secondary N) is 1. The summed E-state index contributed by atoms with van der Waals surface area (Å²) in [6.07, 6.45) is 4.18. The van der Waals surface area contributed by atoms with Gasteiger partial charge in [-0.3, -0.25) is 13.9 Å². The van der Waals surface area contributed by atoms with Crippen LogP contribution < -0.4 is 22.3 Å². The van der Waals surface area contributed by atoms with Crippen LogP contribution >= 0.6 is 0 Å². The number of aromatic nitrogens is 2. The highest BCUT2D eigenvalue weighted by Gasteiger charge is 2.36. The first-order chi connectivity index (χ1) is 9.81. The number of nitrogens with zero attached hydrogens (tertiary/aromatic N) is 2. The summed E-state index contributed by atoms with van der Waals surface area (Å²) in [6.45, 7) is 6.65. The Hall–Kier alpha value is -1.72. The standard InChI is InChI=1S/C15H26N4O2/c1-5-15(7-6-8-15)17-11-12(16)19(9-10(2)3)14(21)18(4)13(11)20/h10,17H,5-9,16H2,1-4H3. The molecule has 1 aromatic heterocycles. The Labute approximate surface area is 125 Å². The minimum atomic E-state index is -0.351. The van der Waals surface area contributed by atoms with Gasteiger partial charge in [-0.25, -0.2) is 4.79 Å². The van der Waals surface area contributed by atoms with Gasteiger partial charge in [-0.15, -0.1) is 0 Å². The number of hydrogen-bond acceptors (Lipinski definition) is 4. The van der Waals surface area contributed by atoms with Gasteiger partial charge in [0.1, 0.15) is 11.5 Å². The van der Waals surface area contributed by atoms with E-state index >= 15 is 0 Å². The van der Waals surface area contributed by atoms with Crippen LogP contribution in [0.5, 0.6) is 0 Å². The number of anilines is 2. The highest BCUT2D eigenvalue weighted by atomic mass is 16.2. The third-order valence-corrected chi connectivity index (χ3v) is 4.51. The fourth-order valence-corrected chi connectivity index (χ4v) is 2.88. The molecule has 0 radical (unpaired) electrons. The molecule has 0 aromatic carbocycles. The van der Waals surface area contributed by atoms with Gasteiger partial charge < -0.3 is 11.1 Å². The summed E-state index contributed by atoms with van der Waals surface area (Å²) >= 11 is 0. The Morgan fingerprint density at radius 2 is 1.95 bits per heavy atom. The summed E-state index contributed by atoms with van der Waals surface area (Å²) in [5, 5.41) is 3.34. The van der Waals surface area contributed by atoms with E-state index in [-0.39, 0.29) is 28.5 Å². The maximum absolute atomic E-state index is 12.4. The minimum absolute atomic E-state index is 0.0413. The molecule has 6 nitrogen and oxygen atoms in total. The predicted molar refractivity (Wildman–Crippen MR) is 85.7 cm³/mol. The molecule has 21 heavy (non-hydrogen) atoms. The molecule has 1 saturated carbocycles. The highest BCUT2D eigenvalue weighted by Crippen LogP contribution is 2.38. The van der Waals surface area contributed by atoms with E-state index in [1.807, 2.05) is 13.8 Å². The molecular formula is C15H26N4O2. The van der Waals surface area contributed by atoms with Crippen LogP contribution in [-0.4, -0.2) is 14.7 Å². The van der Waals surface area contributed by atoms with E-state index in [0.29, 0.717) is 12.2 Å². The topological polar surface area (TPSA) is 82.0 Å². The molecule has 1 aliphatic rings. The zero-order valence-electron chi connectivity index (χ0n) is 13.4. The van der Waals surface area contributed by atoms with Crippen LogP contribution in [0.25, 0.3) is 0 Å². The Balaban J connectivity index is 2.52. The maximum atomic E-state index is 12.4. The Morgan fingerprint density at radius 1 is 1.33 bits per heavy atom. The van der Waals surface area contributed by atoms with Gasteiger partial charge in [-0.05, 0) is 31.6 Å². The third kappa shape index (κ3) is 2.71. The average Bonchev–Trinajstić information content (AvgIpc) is 2.40. The van der Waals surface area contributed by atoms with Crippen LogP contribution in [0.1, 0.15) is 46.5 Å². The summed E-state index contributed by atoms with van der Waals surface area (Å²) in [6, 6.07) is 0. The lowest BCUT2D eigenvalue weighted by Gasteiger charge is -2.43. The zero-order valence-corrected chi connectivity index (χ0v) is 13.4. The first-order valence-electron chi connectivity index (χ1n) is 7.69. The van der Waals surface area contributed by atoms with Gasteiger partial charge in [0.15, 0.2) is 0 Å². The van der Waals surface area contributed by atoms with E-state index < -0.39 is 0 Å². The molecule has 0 saturated heterocycles. The van der Waals surface area contributed by atoms with Crippen LogP contribution in [0.4, 0.5) is 11.5 Å². The summed E-state index contributed by atoms with van der Waals surface area (Å²) in [7, 11) is 1.51. The predicted octanol–water partition coefficient (Wildman–Crippen LogP) is 1.53. The van der Waals surface area contributed by atoms with Gasteiger partial charge in [-0.1, -0.05) is 20.8 Å². The molecule has 2 rings (SSSR count). The third-order valence-electron chi connectivity index (χ3n) is 4.51. The molecule has 0 bridgehead atoms. The van der Waals surface area contributed by atoms with Crippen molar-refractivity contribution in [2.75, 3.05) is 11.1 Å². The lowest BCUT2D eigenvalue weighted by atomic mass is 9.75.